The molecule has 1 aliphatic carbocycles. The van der Waals surface area contributed by atoms with Crippen molar-refractivity contribution in [2.45, 2.75) is 83.2 Å². The summed E-state index contributed by atoms with van der Waals surface area (Å²) in [6.45, 7) is 7.21. The summed E-state index contributed by atoms with van der Waals surface area (Å²) in [6, 6.07) is 15.0. The van der Waals surface area contributed by atoms with Gasteiger partial charge in [-0.15, -0.1) is 0 Å². The first-order chi connectivity index (χ1) is 22.9. The van der Waals surface area contributed by atoms with Crippen molar-refractivity contribution in [1.82, 2.24) is 9.71 Å². The molecule has 48 heavy (non-hydrogen) atoms. The Labute approximate surface area is 289 Å². The highest BCUT2D eigenvalue weighted by molar-refractivity contribution is 7.90. The number of benzene rings is 2. The number of aryl methyl sites for hydroxylation is 2. The summed E-state index contributed by atoms with van der Waals surface area (Å²) >= 11 is 6.36. The second-order valence-electron chi connectivity index (χ2n) is 14.0. The minimum atomic E-state index is -3.99. The van der Waals surface area contributed by atoms with Crippen LogP contribution in [-0.4, -0.2) is 48.4 Å². The van der Waals surface area contributed by atoms with E-state index in [0.717, 1.165) is 60.2 Å². The number of hydrogen-bond donors (Lipinski definition) is 2. The van der Waals surface area contributed by atoms with Crippen LogP contribution in [0.5, 0.6) is 5.75 Å². The van der Waals surface area contributed by atoms with Crippen molar-refractivity contribution in [2.24, 2.45) is 17.8 Å². The number of carbonyl (C=O) groups excluding carboxylic acids is 1. The predicted octanol–water partition coefficient (Wildman–Crippen LogP) is 6.81. The van der Waals surface area contributed by atoms with Crippen LogP contribution in [0, 0.1) is 24.7 Å². The highest BCUT2D eigenvalue weighted by Gasteiger charge is 2.46. The molecule has 0 spiro atoms. The molecule has 1 amide bonds. The van der Waals surface area contributed by atoms with Crippen molar-refractivity contribution in [2.75, 3.05) is 18.0 Å². The van der Waals surface area contributed by atoms with E-state index in [1.807, 2.05) is 56.3 Å². The van der Waals surface area contributed by atoms with E-state index in [9.17, 15) is 18.3 Å². The van der Waals surface area contributed by atoms with Gasteiger partial charge in [-0.05, 0) is 129 Å². The largest absolute Gasteiger partial charge is 0.487 e. The standard InChI is InChI=1S/C38H46ClN3O5S/c1-25-15-17-40-33(19-25)22-38(44)16-6-7-26(2)27(3)48(45,46)41-37(43)29-11-14-36-35(21-29)42(23-30-10-13-34(30)38)18-5-4-8-28-20-32(39)12-9-31(28)24-47-36/h6,9,11-12,14-17,19-21,26-27,30,34,44H,4-5,7-8,10,13,18,22-24H2,1-3H3,(H,41,43)/b16-6+/t26-,27+,30-,34+,38-/m0/s1. The van der Waals surface area contributed by atoms with Gasteiger partial charge in [-0.3, -0.25) is 9.78 Å². The number of aromatic nitrogens is 1. The molecule has 3 aliphatic rings. The number of sulfonamides is 1. The van der Waals surface area contributed by atoms with E-state index >= 15 is 0 Å². The summed E-state index contributed by atoms with van der Waals surface area (Å²) in [4.78, 5) is 20.3. The quantitative estimate of drug-likeness (QED) is 0.284. The van der Waals surface area contributed by atoms with Crippen LogP contribution >= 0.6 is 11.6 Å². The Kier molecular flexibility index (Phi) is 10.2. The van der Waals surface area contributed by atoms with Crippen molar-refractivity contribution in [3.63, 3.8) is 0 Å². The SMILES string of the molecule is Cc1ccnc(C[C@@]2(O)/C=C/C[C@H](C)[C@@H](C)S(=O)(=O)NC(=O)c3ccc4c(c3)N(CCCCc3cc(Cl)ccc3CO4)C[C@@H]3CC[C@H]32)c1. The molecule has 1 saturated carbocycles. The van der Waals surface area contributed by atoms with E-state index in [-0.39, 0.29) is 23.3 Å². The zero-order valence-corrected chi connectivity index (χ0v) is 29.6. The number of aliphatic hydroxyl groups is 1. The molecule has 6 rings (SSSR count). The summed E-state index contributed by atoms with van der Waals surface area (Å²) in [6.07, 6.45) is 10.9. The van der Waals surface area contributed by atoms with E-state index < -0.39 is 26.8 Å². The van der Waals surface area contributed by atoms with Gasteiger partial charge < -0.3 is 14.7 Å². The molecule has 0 unspecified atom stereocenters. The van der Waals surface area contributed by atoms with Crippen LogP contribution in [0.2, 0.25) is 5.02 Å². The van der Waals surface area contributed by atoms with Gasteiger partial charge in [-0.2, -0.15) is 0 Å². The first-order valence-corrected chi connectivity index (χ1v) is 19.0. The minimum Gasteiger partial charge on any atom is -0.487 e. The van der Waals surface area contributed by atoms with Crippen LogP contribution < -0.4 is 14.4 Å². The molecule has 2 N–H and O–H groups in total. The van der Waals surface area contributed by atoms with Gasteiger partial charge in [0.15, 0.2) is 0 Å². The lowest BCUT2D eigenvalue weighted by Crippen LogP contribution is -2.51. The molecule has 1 aromatic heterocycles. The number of amides is 1. The monoisotopic (exact) mass is 691 g/mol. The summed E-state index contributed by atoms with van der Waals surface area (Å²) < 4.78 is 35.6. The molecular formula is C38H46ClN3O5S. The molecule has 0 saturated heterocycles. The fourth-order valence-corrected chi connectivity index (χ4v) is 8.85. The van der Waals surface area contributed by atoms with Gasteiger partial charge in [0.05, 0.1) is 16.5 Å². The predicted molar refractivity (Wildman–Crippen MR) is 190 cm³/mol. The summed E-state index contributed by atoms with van der Waals surface area (Å²) in [5.41, 5.74) is 3.97. The minimum absolute atomic E-state index is 0.0270. The van der Waals surface area contributed by atoms with Crippen molar-refractivity contribution in [3.8, 4) is 5.75 Å². The Morgan fingerprint density at radius 3 is 2.69 bits per heavy atom. The topological polar surface area (TPSA) is 109 Å². The van der Waals surface area contributed by atoms with Crippen molar-refractivity contribution < 1.29 is 23.1 Å². The molecule has 8 nitrogen and oxygen atoms in total. The number of pyridine rings is 1. The van der Waals surface area contributed by atoms with Crippen molar-refractivity contribution >= 4 is 33.2 Å². The van der Waals surface area contributed by atoms with Crippen LogP contribution in [0.4, 0.5) is 5.69 Å². The van der Waals surface area contributed by atoms with Gasteiger partial charge >= 0.3 is 0 Å². The Balaban J connectivity index is 1.41. The fourth-order valence-electron chi connectivity index (χ4n) is 7.37. The first kappa shape index (κ1) is 34.5. The number of allylic oxidation sites excluding steroid dienone is 1. The van der Waals surface area contributed by atoms with Gasteiger partial charge in [0, 0.05) is 42.0 Å². The number of ether oxygens (including phenoxy) is 1. The summed E-state index contributed by atoms with van der Waals surface area (Å²) in [5, 5.41) is 12.3. The second kappa shape index (κ2) is 14.2. The zero-order chi connectivity index (χ0) is 34.1. The van der Waals surface area contributed by atoms with Crippen molar-refractivity contribution in [3.05, 3.63) is 99.9 Å². The van der Waals surface area contributed by atoms with E-state index in [1.54, 1.807) is 31.3 Å². The Morgan fingerprint density at radius 1 is 1.08 bits per heavy atom. The number of nitrogens with zero attached hydrogens (tertiary/aromatic N) is 2. The van der Waals surface area contributed by atoms with Crippen LogP contribution in [0.1, 0.15) is 78.7 Å². The van der Waals surface area contributed by atoms with E-state index in [4.69, 9.17) is 16.3 Å². The van der Waals surface area contributed by atoms with E-state index in [1.165, 1.54) is 0 Å². The molecule has 3 heterocycles. The van der Waals surface area contributed by atoms with Crippen LogP contribution in [-0.2, 0) is 29.5 Å². The lowest BCUT2D eigenvalue weighted by atomic mass is 9.63. The number of rotatable bonds is 2. The molecule has 2 bridgehead atoms. The number of nitrogens with one attached hydrogen (secondary N) is 1. The Bertz CT molecular complexity index is 1800. The second-order valence-corrected chi connectivity index (χ2v) is 16.5. The number of anilines is 1. The third kappa shape index (κ3) is 7.58. The third-order valence-corrected chi connectivity index (χ3v) is 12.8. The summed E-state index contributed by atoms with van der Waals surface area (Å²) in [5.74, 6) is -0.181. The molecule has 2 aliphatic heterocycles. The molecule has 0 radical (unpaired) electrons. The number of fused-ring (bicyclic) bond motifs is 3. The summed E-state index contributed by atoms with van der Waals surface area (Å²) in [7, 11) is -3.99. The van der Waals surface area contributed by atoms with Gasteiger partial charge in [-0.1, -0.05) is 36.7 Å². The van der Waals surface area contributed by atoms with Gasteiger partial charge in [0.25, 0.3) is 5.91 Å². The average Bonchev–Trinajstić information content (AvgIpc) is 3.05. The number of carbonyl (C=O) groups is 1. The van der Waals surface area contributed by atoms with Crippen LogP contribution in [0.25, 0.3) is 0 Å². The molecular weight excluding hydrogens is 646 g/mol. The first-order valence-electron chi connectivity index (χ1n) is 17.1. The van der Waals surface area contributed by atoms with Crippen LogP contribution in [0.3, 0.4) is 0 Å². The number of halogens is 1. The van der Waals surface area contributed by atoms with Crippen molar-refractivity contribution in [1.29, 1.82) is 0 Å². The molecule has 10 heteroatoms. The van der Waals surface area contributed by atoms with E-state index in [2.05, 4.69) is 14.6 Å². The van der Waals surface area contributed by atoms with E-state index in [0.29, 0.717) is 43.3 Å². The normalized spacial score (nSPS) is 28.4. The highest BCUT2D eigenvalue weighted by atomic mass is 35.5. The molecule has 256 valence electrons. The van der Waals surface area contributed by atoms with Gasteiger partial charge in [0.2, 0.25) is 10.0 Å². The maximum absolute atomic E-state index is 13.5. The third-order valence-electron chi connectivity index (χ3n) is 10.6. The number of hydrogen-bond acceptors (Lipinski definition) is 7. The Morgan fingerprint density at radius 2 is 1.92 bits per heavy atom. The molecule has 2 aromatic carbocycles. The lowest BCUT2D eigenvalue weighted by Gasteiger charge is -2.48. The van der Waals surface area contributed by atoms with Crippen LogP contribution in [0.15, 0.2) is 66.9 Å². The van der Waals surface area contributed by atoms with Gasteiger partial charge in [-0.25, -0.2) is 13.1 Å². The Hall–Kier alpha value is -3.40. The van der Waals surface area contributed by atoms with Gasteiger partial charge in [0.1, 0.15) is 12.4 Å². The maximum atomic E-state index is 13.5. The average molecular weight is 692 g/mol. The highest BCUT2D eigenvalue weighted by Crippen LogP contribution is 2.46. The zero-order valence-electron chi connectivity index (χ0n) is 28.0. The lowest BCUT2D eigenvalue weighted by molar-refractivity contribution is -0.0451. The fraction of sp³-hybridized carbons (Fsp3) is 0.474. The molecule has 5 atom stereocenters. The molecule has 1 fully saturated rings. The maximum Gasteiger partial charge on any atom is 0.264 e. The molecule has 3 aromatic rings. The smallest absolute Gasteiger partial charge is 0.264 e.